The molecule has 0 radical (unpaired) electrons. The lowest BCUT2D eigenvalue weighted by Gasteiger charge is -2.15. The Kier molecular flexibility index (Phi) is 6.85. The van der Waals surface area contributed by atoms with Gasteiger partial charge in [0.15, 0.2) is 0 Å². The van der Waals surface area contributed by atoms with Crippen LogP contribution in [0.25, 0.3) is 0 Å². The van der Waals surface area contributed by atoms with Crippen LogP contribution in [0.3, 0.4) is 0 Å². The van der Waals surface area contributed by atoms with Gasteiger partial charge < -0.3 is 10.5 Å². The monoisotopic (exact) mass is 267 g/mol. The molecule has 0 aliphatic rings. The van der Waals surface area contributed by atoms with Gasteiger partial charge in [0.1, 0.15) is 11.6 Å². The molecule has 2 nitrogen and oxygen atoms in total. The normalized spacial score (nSPS) is 12.7. The number of halogens is 1. The molecule has 0 fully saturated rings. The predicted octanol–water partition coefficient (Wildman–Crippen LogP) is 3.92. The molecule has 0 bridgehead atoms. The molecule has 1 atom stereocenters. The third kappa shape index (κ3) is 5.60. The standard InChI is InChI=1S/C16H26FNO/c1-4-12(5-2)11-19-16-9-13(7-14(17)10-16)8-15(18)6-3/h7,9-10,12,15H,4-6,8,11,18H2,1-3H3. The van der Waals surface area contributed by atoms with Gasteiger partial charge in [-0.2, -0.15) is 0 Å². The Morgan fingerprint density at radius 1 is 1.11 bits per heavy atom. The van der Waals surface area contributed by atoms with Crippen molar-refractivity contribution in [3.8, 4) is 5.75 Å². The van der Waals surface area contributed by atoms with Gasteiger partial charge in [-0.15, -0.1) is 0 Å². The molecule has 0 saturated carbocycles. The topological polar surface area (TPSA) is 35.2 Å². The molecule has 0 spiro atoms. The third-order valence-electron chi connectivity index (χ3n) is 3.59. The molecule has 0 aromatic heterocycles. The Morgan fingerprint density at radius 2 is 1.79 bits per heavy atom. The maximum atomic E-state index is 13.5. The number of rotatable bonds is 8. The summed E-state index contributed by atoms with van der Waals surface area (Å²) in [5, 5.41) is 0. The summed E-state index contributed by atoms with van der Waals surface area (Å²) >= 11 is 0. The fourth-order valence-corrected chi connectivity index (χ4v) is 2.01. The van der Waals surface area contributed by atoms with E-state index >= 15 is 0 Å². The fourth-order valence-electron chi connectivity index (χ4n) is 2.01. The molecular weight excluding hydrogens is 241 g/mol. The van der Waals surface area contributed by atoms with Gasteiger partial charge in [0.2, 0.25) is 0 Å². The van der Waals surface area contributed by atoms with E-state index in [2.05, 4.69) is 13.8 Å². The van der Waals surface area contributed by atoms with Crippen molar-refractivity contribution in [2.24, 2.45) is 11.7 Å². The van der Waals surface area contributed by atoms with Crippen LogP contribution in [0, 0.1) is 11.7 Å². The van der Waals surface area contributed by atoms with E-state index in [1.165, 1.54) is 6.07 Å². The summed E-state index contributed by atoms with van der Waals surface area (Å²) in [7, 11) is 0. The fraction of sp³-hybridized carbons (Fsp3) is 0.625. The summed E-state index contributed by atoms with van der Waals surface area (Å²) in [6.07, 6.45) is 3.74. The first-order valence-corrected chi connectivity index (χ1v) is 7.26. The molecule has 0 saturated heterocycles. The lowest BCUT2D eigenvalue weighted by molar-refractivity contribution is 0.239. The van der Waals surface area contributed by atoms with E-state index in [1.54, 1.807) is 6.07 Å². The van der Waals surface area contributed by atoms with Crippen molar-refractivity contribution < 1.29 is 9.13 Å². The zero-order valence-electron chi connectivity index (χ0n) is 12.3. The summed E-state index contributed by atoms with van der Waals surface area (Å²) in [6, 6.07) is 4.97. The Hall–Kier alpha value is -1.09. The molecule has 108 valence electrons. The first-order valence-electron chi connectivity index (χ1n) is 7.26. The second kappa shape index (κ2) is 8.16. The van der Waals surface area contributed by atoms with Gasteiger partial charge in [0.05, 0.1) is 6.61 Å². The van der Waals surface area contributed by atoms with Crippen LogP contribution >= 0.6 is 0 Å². The van der Waals surface area contributed by atoms with E-state index in [0.717, 1.165) is 24.8 Å². The van der Waals surface area contributed by atoms with E-state index in [9.17, 15) is 4.39 Å². The van der Waals surface area contributed by atoms with Gasteiger partial charge in [-0.3, -0.25) is 0 Å². The zero-order chi connectivity index (χ0) is 14.3. The number of nitrogens with two attached hydrogens (primary N) is 1. The van der Waals surface area contributed by atoms with Crippen LogP contribution in [-0.2, 0) is 6.42 Å². The summed E-state index contributed by atoms with van der Waals surface area (Å²) in [5.41, 5.74) is 6.82. The molecule has 3 heteroatoms. The van der Waals surface area contributed by atoms with E-state index in [1.807, 2.05) is 13.0 Å². The average molecular weight is 267 g/mol. The highest BCUT2D eigenvalue weighted by molar-refractivity contribution is 5.30. The summed E-state index contributed by atoms with van der Waals surface area (Å²) in [4.78, 5) is 0. The number of ether oxygens (including phenoxy) is 1. The second-order valence-corrected chi connectivity index (χ2v) is 5.16. The number of benzene rings is 1. The first-order chi connectivity index (χ1) is 9.08. The summed E-state index contributed by atoms with van der Waals surface area (Å²) in [6.45, 7) is 6.98. The van der Waals surface area contributed by atoms with Crippen molar-refractivity contribution in [1.82, 2.24) is 0 Å². The van der Waals surface area contributed by atoms with Gasteiger partial charge in [0, 0.05) is 12.1 Å². The van der Waals surface area contributed by atoms with E-state index in [4.69, 9.17) is 10.5 Å². The van der Waals surface area contributed by atoms with Gasteiger partial charge in [0.25, 0.3) is 0 Å². The molecule has 2 N–H and O–H groups in total. The van der Waals surface area contributed by atoms with E-state index in [0.29, 0.717) is 24.7 Å². The maximum Gasteiger partial charge on any atom is 0.127 e. The van der Waals surface area contributed by atoms with Crippen LogP contribution in [-0.4, -0.2) is 12.6 Å². The van der Waals surface area contributed by atoms with Crippen molar-refractivity contribution in [2.45, 2.75) is 52.5 Å². The lowest BCUT2D eigenvalue weighted by atomic mass is 10.0. The number of hydrogen-bond donors (Lipinski definition) is 1. The molecular formula is C16H26FNO. The minimum Gasteiger partial charge on any atom is -0.493 e. The quantitative estimate of drug-likeness (QED) is 0.774. The van der Waals surface area contributed by atoms with Crippen molar-refractivity contribution in [2.75, 3.05) is 6.61 Å². The van der Waals surface area contributed by atoms with E-state index in [-0.39, 0.29) is 11.9 Å². The van der Waals surface area contributed by atoms with Gasteiger partial charge in [-0.1, -0.05) is 33.6 Å². The Labute approximate surface area is 116 Å². The molecule has 1 rings (SSSR count). The van der Waals surface area contributed by atoms with Crippen LogP contribution in [0.2, 0.25) is 0 Å². The van der Waals surface area contributed by atoms with E-state index < -0.39 is 0 Å². The molecule has 1 aromatic carbocycles. The number of hydrogen-bond acceptors (Lipinski definition) is 2. The van der Waals surface area contributed by atoms with Crippen molar-refractivity contribution in [3.63, 3.8) is 0 Å². The van der Waals surface area contributed by atoms with Gasteiger partial charge in [-0.25, -0.2) is 4.39 Å². The van der Waals surface area contributed by atoms with Crippen molar-refractivity contribution in [1.29, 1.82) is 0 Å². The Morgan fingerprint density at radius 3 is 2.37 bits per heavy atom. The molecule has 1 unspecified atom stereocenters. The van der Waals surface area contributed by atoms with Crippen LogP contribution in [0.5, 0.6) is 5.75 Å². The third-order valence-corrected chi connectivity index (χ3v) is 3.59. The average Bonchev–Trinajstić information content (AvgIpc) is 2.39. The molecule has 19 heavy (non-hydrogen) atoms. The highest BCUT2D eigenvalue weighted by Gasteiger charge is 2.08. The smallest absolute Gasteiger partial charge is 0.127 e. The van der Waals surface area contributed by atoms with Crippen LogP contribution < -0.4 is 10.5 Å². The van der Waals surface area contributed by atoms with Crippen LogP contribution in [0.1, 0.15) is 45.6 Å². The van der Waals surface area contributed by atoms with Crippen LogP contribution in [0.4, 0.5) is 4.39 Å². The second-order valence-electron chi connectivity index (χ2n) is 5.16. The Balaban J connectivity index is 2.68. The van der Waals surface area contributed by atoms with Crippen molar-refractivity contribution in [3.05, 3.63) is 29.6 Å². The first kappa shape index (κ1) is 16.0. The minimum atomic E-state index is -0.250. The molecule has 0 aliphatic carbocycles. The van der Waals surface area contributed by atoms with Crippen LogP contribution in [0.15, 0.2) is 18.2 Å². The molecule has 0 aliphatic heterocycles. The predicted molar refractivity (Wildman–Crippen MR) is 77.9 cm³/mol. The summed E-state index contributed by atoms with van der Waals surface area (Å²) < 4.78 is 19.3. The highest BCUT2D eigenvalue weighted by atomic mass is 19.1. The Bertz CT molecular complexity index is 377. The maximum absolute atomic E-state index is 13.5. The molecule has 0 amide bonds. The molecule has 0 heterocycles. The lowest BCUT2D eigenvalue weighted by Crippen LogP contribution is -2.21. The zero-order valence-corrected chi connectivity index (χ0v) is 12.3. The SMILES string of the molecule is CCC(N)Cc1cc(F)cc(OCC(CC)CC)c1. The summed E-state index contributed by atoms with van der Waals surface area (Å²) in [5.74, 6) is 0.898. The van der Waals surface area contributed by atoms with Gasteiger partial charge in [-0.05, 0) is 36.5 Å². The van der Waals surface area contributed by atoms with Gasteiger partial charge >= 0.3 is 0 Å². The van der Waals surface area contributed by atoms with Crippen molar-refractivity contribution >= 4 is 0 Å². The largest absolute Gasteiger partial charge is 0.493 e. The highest BCUT2D eigenvalue weighted by Crippen LogP contribution is 2.19. The molecule has 1 aromatic rings. The minimum absolute atomic E-state index is 0.0775.